The quantitative estimate of drug-likeness (QED) is 0.770. The number of Topliss-reactive ketones (excluding diaryl/α,β-unsaturated/α-hetero) is 1. The average Bonchev–Trinajstić information content (AvgIpc) is 2.55. The molecule has 2 rings (SSSR count). The van der Waals surface area contributed by atoms with Gasteiger partial charge in [-0.05, 0) is 43.3 Å². The van der Waals surface area contributed by atoms with Crippen LogP contribution in [0.25, 0.3) is 0 Å². The predicted molar refractivity (Wildman–Crippen MR) is 98.3 cm³/mol. The molecule has 6 nitrogen and oxygen atoms in total. The monoisotopic (exact) mass is 360 g/mol. The molecule has 0 saturated carbocycles. The Labute approximate surface area is 147 Å². The third-order valence-electron chi connectivity index (χ3n) is 3.56. The van der Waals surface area contributed by atoms with Crippen LogP contribution < -0.4 is 9.62 Å². The fourth-order valence-corrected chi connectivity index (χ4v) is 3.22. The normalized spacial score (nSPS) is 11.0. The van der Waals surface area contributed by atoms with Gasteiger partial charge < -0.3 is 5.32 Å². The van der Waals surface area contributed by atoms with Gasteiger partial charge in [-0.25, -0.2) is 8.42 Å². The number of anilines is 2. The molecule has 2 aromatic carbocycles. The number of nitrogens with zero attached hydrogens (tertiary/aromatic N) is 1. The van der Waals surface area contributed by atoms with E-state index < -0.39 is 10.0 Å². The van der Waals surface area contributed by atoms with E-state index in [1.165, 1.54) is 11.2 Å². The Balaban J connectivity index is 2.00. The van der Waals surface area contributed by atoms with Crippen molar-refractivity contribution < 1.29 is 18.0 Å². The lowest BCUT2D eigenvalue weighted by atomic mass is 10.1. The summed E-state index contributed by atoms with van der Waals surface area (Å²) in [5.41, 5.74) is 1.63. The molecule has 0 aliphatic carbocycles. The fraction of sp³-hybridized carbons (Fsp3) is 0.222. The second-order valence-corrected chi connectivity index (χ2v) is 7.51. The molecule has 0 heterocycles. The number of carbonyl (C=O) groups excluding carboxylic acids is 2. The van der Waals surface area contributed by atoms with Crippen molar-refractivity contribution in [1.82, 2.24) is 0 Å². The SMILES string of the molecule is CC(=O)c1ccc(NC(=O)CCN(c2ccccc2)S(C)(=O)=O)cc1. The van der Waals surface area contributed by atoms with Crippen LogP contribution in [-0.2, 0) is 14.8 Å². The smallest absolute Gasteiger partial charge is 0.232 e. The Bertz CT molecular complexity index is 846. The Morgan fingerprint density at radius 2 is 1.60 bits per heavy atom. The first-order chi connectivity index (χ1) is 11.8. The molecule has 25 heavy (non-hydrogen) atoms. The van der Waals surface area contributed by atoms with E-state index in [2.05, 4.69) is 5.32 Å². The van der Waals surface area contributed by atoms with Gasteiger partial charge in [-0.1, -0.05) is 18.2 Å². The number of rotatable bonds is 7. The minimum absolute atomic E-state index is 0.0103. The summed E-state index contributed by atoms with van der Waals surface area (Å²) >= 11 is 0. The molecule has 0 bridgehead atoms. The number of ketones is 1. The van der Waals surface area contributed by atoms with Crippen molar-refractivity contribution in [3.63, 3.8) is 0 Å². The van der Waals surface area contributed by atoms with Gasteiger partial charge in [0.2, 0.25) is 15.9 Å². The van der Waals surface area contributed by atoms with Crippen LogP contribution in [0.3, 0.4) is 0 Å². The van der Waals surface area contributed by atoms with E-state index in [0.717, 1.165) is 6.26 Å². The second kappa shape index (κ2) is 7.94. The molecular formula is C18H20N2O4S. The van der Waals surface area contributed by atoms with Gasteiger partial charge in [-0.2, -0.15) is 0 Å². The number of nitrogens with one attached hydrogen (secondary N) is 1. The van der Waals surface area contributed by atoms with Crippen molar-refractivity contribution >= 4 is 33.1 Å². The van der Waals surface area contributed by atoms with E-state index >= 15 is 0 Å². The number of amides is 1. The number of hydrogen-bond acceptors (Lipinski definition) is 4. The van der Waals surface area contributed by atoms with Crippen LogP contribution in [0, 0.1) is 0 Å². The topological polar surface area (TPSA) is 83.6 Å². The molecule has 0 aliphatic heterocycles. The number of benzene rings is 2. The Kier molecular flexibility index (Phi) is 5.93. The molecule has 0 fully saturated rings. The minimum atomic E-state index is -3.49. The van der Waals surface area contributed by atoms with Gasteiger partial charge in [-0.15, -0.1) is 0 Å². The van der Waals surface area contributed by atoms with Crippen molar-refractivity contribution in [3.8, 4) is 0 Å². The van der Waals surface area contributed by atoms with Gasteiger partial charge in [0.05, 0.1) is 11.9 Å². The highest BCUT2D eigenvalue weighted by Crippen LogP contribution is 2.17. The zero-order chi connectivity index (χ0) is 18.4. The summed E-state index contributed by atoms with van der Waals surface area (Å²) in [4.78, 5) is 23.3. The van der Waals surface area contributed by atoms with Crippen LogP contribution in [-0.4, -0.2) is 32.9 Å². The van der Waals surface area contributed by atoms with Gasteiger partial charge in [0.25, 0.3) is 0 Å². The summed E-state index contributed by atoms with van der Waals surface area (Å²) < 4.78 is 25.1. The van der Waals surface area contributed by atoms with Crippen LogP contribution in [0.1, 0.15) is 23.7 Å². The van der Waals surface area contributed by atoms with E-state index in [1.807, 2.05) is 0 Å². The summed E-state index contributed by atoms with van der Waals surface area (Å²) in [6.45, 7) is 1.51. The van der Waals surface area contributed by atoms with E-state index in [-0.39, 0.29) is 24.7 Å². The first-order valence-electron chi connectivity index (χ1n) is 7.71. The average molecular weight is 360 g/mol. The van der Waals surface area contributed by atoms with Crippen LogP contribution in [0.15, 0.2) is 54.6 Å². The summed E-state index contributed by atoms with van der Waals surface area (Å²) in [5.74, 6) is -0.357. The van der Waals surface area contributed by atoms with Crippen molar-refractivity contribution in [2.45, 2.75) is 13.3 Å². The van der Waals surface area contributed by atoms with E-state index in [1.54, 1.807) is 54.6 Å². The van der Waals surface area contributed by atoms with Gasteiger partial charge >= 0.3 is 0 Å². The number of carbonyl (C=O) groups is 2. The molecule has 0 spiro atoms. The van der Waals surface area contributed by atoms with Crippen molar-refractivity contribution in [3.05, 3.63) is 60.2 Å². The summed E-state index contributed by atoms with van der Waals surface area (Å²) in [6, 6.07) is 15.2. The number of hydrogen-bond donors (Lipinski definition) is 1. The maximum absolute atomic E-state index is 12.1. The van der Waals surface area contributed by atoms with Crippen LogP contribution in [0.5, 0.6) is 0 Å². The second-order valence-electron chi connectivity index (χ2n) is 5.60. The third-order valence-corrected chi connectivity index (χ3v) is 4.76. The molecule has 0 radical (unpaired) electrons. The Morgan fingerprint density at radius 1 is 1.00 bits per heavy atom. The molecule has 0 aliphatic rings. The Hall–Kier alpha value is -2.67. The number of sulfonamides is 1. The van der Waals surface area contributed by atoms with Gasteiger partial charge in [0.1, 0.15) is 0 Å². The first kappa shape index (κ1) is 18.7. The predicted octanol–water partition coefficient (Wildman–Crippen LogP) is 2.68. The molecule has 1 N–H and O–H groups in total. The zero-order valence-corrected chi connectivity index (χ0v) is 14.9. The van der Waals surface area contributed by atoms with Crippen molar-refractivity contribution in [2.75, 3.05) is 22.4 Å². The summed E-state index contributed by atoms with van der Waals surface area (Å²) in [7, 11) is -3.49. The number of para-hydroxylation sites is 1. The van der Waals surface area contributed by atoms with Gasteiger partial charge in [-0.3, -0.25) is 13.9 Å². The molecule has 7 heteroatoms. The third kappa shape index (κ3) is 5.42. The lowest BCUT2D eigenvalue weighted by Gasteiger charge is -2.22. The lowest BCUT2D eigenvalue weighted by Crippen LogP contribution is -2.33. The molecular weight excluding hydrogens is 340 g/mol. The maximum Gasteiger partial charge on any atom is 0.232 e. The molecule has 0 unspecified atom stereocenters. The van der Waals surface area contributed by atoms with E-state index in [9.17, 15) is 18.0 Å². The van der Waals surface area contributed by atoms with Crippen LogP contribution in [0.2, 0.25) is 0 Å². The van der Waals surface area contributed by atoms with Crippen molar-refractivity contribution in [1.29, 1.82) is 0 Å². The van der Waals surface area contributed by atoms with Crippen LogP contribution >= 0.6 is 0 Å². The van der Waals surface area contributed by atoms with E-state index in [0.29, 0.717) is 16.9 Å². The molecule has 0 atom stereocenters. The standard InChI is InChI=1S/C18H20N2O4S/c1-14(21)15-8-10-16(11-9-15)19-18(22)12-13-20(25(2,23)24)17-6-4-3-5-7-17/h3-11H,12-13H2,1-2H3,(H,19,22). The van der Waals surface area contributed by atoms with Gasteiger partial charge in [0.15, 0.2) is 5.78 Å². The van der Waals surface area contributed by atoms with E-state index in [4.69, 9.17) is 0 Å². The molecule has 2 aromatic rings. The van der Waals surface area contributed by atoms with Crippen LogP contribution in [0.4, 0.5) is 11.4 Å². The zero-order valence-electron chi connectivity index (χ0n) is 14.1. The van der Waals surface area contributed by atoms with Gasteiger partial charge in [0, 0.05) is 24.2 Å². The molecule has 0 saturated heterocycles. The molecule has 0 aromatic heterocycles. The first-order valence-corrected chi connectivity index (χ1v) is 9.56. The highest BCUT2D eigenvalue weighted by atomic mass is 32.2. The molecule has 132 valence electrons. The minimum Gasteiger partial charge on any atom is -0.326 e. The largest absolute Gasteiger partial charge is 0.326 e. The lowest BCUT2D eigenvalue weighted by molar-refractivity contribution is -0.116. The van der Waals surface area contributed by atoms with Crippen molar-refractivity contribution in [2.24, 2.45) is 0 Å². The highest BCUT2D eigenvalue weighted by molar-refractivity contribution is 7.92. The summed E-state index contributed by atoms with van der Waals surface area (Å²) in [5, 5.41) is 2.69. The Morgan fingerprint density at radius 3 is 2.12 bits per heavy atom. The highest BCUT2D eigenvalue weighted by Gasteiger charge is 2.18. The maximum atomic E-state index is 12.1. The fourth-order valence-electron chi connectivity index (χ4n) is 2.30. The molecule has 1 amide bonds. The summed E-state index contributed by atoms with van der Waals surface area (Å²) in [6.07, 6.45) is 1.12.